The summed E-state index contributed by atoms with van der Waals surface area (Å²) in [5, 5.41) is 3.08. The molecule has 4 heteroatoms. The first-order valence-corrected chi connectivity index (χ1v) is 7.36. The van der Waals surface area contributed by atoms with Crippen molar-refractivity contribution in [3.05, 3.63) is 59.7 Å². The maximum absolute atomic E-state index is 5.97. The molecule has 1 atom stereocenters. The molecule has 0 heterocycles. The minimum atomic E-state index is 0.318. The molecule has 0 radical (unpaired) electrons. The van der Waals surface area contributed by atoms with Crippen molar-refractivity contribution in [2.24, 2.45) is 10.7 Å². The van der Waals surface area contributed by atoms with Crippen LogP contribution in [0.15, 0.2) is 53.5 Å². The summed E-state index contributed by atoms with van der Waals surface area (Å²) in [6.45, 7) is 4.88. The van der Waals surface area contributed by atoms with Gasteiger partial charge < -0.3 is 15.8 Å². The molecule has 4 nitrogen and oxygen atoms in total. The highest BCUT2D eigenvalue weighted by molar-refractivity contribution is 5.93. The van der Waals surface area contributed by atoms with E-state index >= 15 is 0 Å². The van der Waals surface area contributed by atoms with E-state index in [0.717, 1.165) is 11.4 Å². The Hall–Kier alpha value is -2.49. The average molecular weight is 297 g/mol. The Morgan fingerprint density at radius 3 is 2.73 bits per heavy atom. The van der Waals surface area contributed by atoms with Gasteiger partial charge in [-0.3, -0.25) is 4.99 Å². The molecule has 3 N–H and O–H groups in total. The molecule has 22 heavy (non-hydrogen) atoms. The highest BCUT2D eigenvalue weighted by atomic mass is 16.5. The van der Waals surface area contributed by atoms with Crippen molar-refractivity contribution in [2.45, 2.75) is 19.8 Å². The van der Waals surface area contributed by atoms with Gasteiger partial charge >= 0.3 is 0 Å². The highest BCUT2D eigenvalue weighted by Crippen LogP contribution is 2.22. The third-order valence-corrected chi connectivity index (χ3v) is 3.52. The van der Waals surface area contributed by atoms with Crippen LogP contribution >= 0.6 is 0 Å². The van der Waals surface area contributed by atoms with Gasteiger partial charge in [0.25, 0.3) is 0 Å². The first-order valence-electron chi connectivity index (χ1n) is 7.36. The lowest BCUT2D eigenvalue weighted by Crippen LogP contribution is -2.23. The van der Waals surface area contributed by atoms with E-state index in [9.17, 15) is 0 Å². The fourth-order valence-electron chi connectivity index (χ4n) is 2.24. The van der Waals surface area contributed by atoms with E-state index < -0.39 is 0 Å². The average Bonchev–Trinajstić information content (AvgIpc) is 2.53. The minimum Gasteiger partial charge on any atom is -0.495 e. The number of methoxy groups -OCH3 is 1. The lowest BCUT2D eigenvalue weighted by atomic mass is 10.00. The Kier molecular flexibility index (Phi) is 5.42. The number of para-hydroxylation sites is 2. The first kappa shape index (κ1) is 15.9. The van der Waals surface area contributed by atoms with Gasteiger partial charge in [-0.1, -0.05) is 48.9 Å². The monoisotopic (exact) mass is 297 g/mol. The number of benzene rings is 2. The van der Waals surface area contributed by atoms with Crippen molar-refractivity contribution in [1.82, 2.24) is 0 Å². The Morgan fingerprint density at radius 1 is 1.23 bits per heavy atom. The van der Waals surface area contributed by atoms with Gasteiger partial charge in [-0.15, -0.1) is 0 Å². The molecular weight excluding hydrogens is 274 g/mol. The molecule has 2 aromatic rings. The number of aliphatic imine (C=N–C) groups is 1. The zero-order chi connectivity index (χ0) is 15.9. The number of ether oxygens (including phenoxy) is 1. The third-order valence-electron chi connectivity index (χ3n) is 3.52. The first-order chi connectivity index (χ1) is 10.6. The number of nitrogens with two attached hydrogens (primary N) is 1. The van der Waals surface area contributed by atoms with Crippen LogP contribution in [0, 0.1) is 6.92 Å². The molecule has 2 aromatic carbocycles. The van der Waals surface area contributed by atoms with Crippen LogP contribution in [-0.4, -0.2) is 19.6 Å². The number of aryl methyl sites for hydroxylation is 1. The molecule has 0 fully saturated rings. The summed E-state index contributed by atoms with van der Waals surface area (Å²) in [4.78, 5) is 4.43. The van der Waals surface area contributed by atoms with Crippen LogP contribution in [0.5, 0.6) is 5.75 Å². The Morgan fingerprint density at radius 2 is 2.00 bits per heavy atom. The summed E-state index contributed by atoms with van der Waals surface area (Å²) in [7, 11) is 1.63. The SMILES string of the molecule is COc1ccccc1NC(N)=NCC(C)c1cccc(C)c1. The van der Waals surface area contributed by atoms with Gasteiger partial charge in [0.15, 0.2) is 5.96 Å². The van der Waals surface area contributed by atoms with Gasteiger partial charge in [-0.05, 0) is 24.6 Å². The number of hydrogen-bond acceptors (Lipinski definition) is 2. The number of nitrogens with one attached hydrogen (secondary N) is 1. The standard InChI is InChI=1S/C18H23N3O/c1-13-7-6-8-15(11-13)14(2)12-20-18(19)21-16-9-4-5-10-17(16)22-3/h4-11,14H,12H2,1-3H3,(H3,19,20,21). The maximum Gasteiger partial charge on any atom is 0.193 e. The van der Waals surface area contributed by atoms with Gasteiger partial charge in [0, 0.05) is 12.5 Å². The number of guanidine groups is 1. The number of hydrogen-bond donors (Lipinski definition) is 2. The van der Waals surface area contributed by atoms with Crippen molar-refractivity contribution in [3.8, 4) is 5.75 Å². The molecular formula is C18H23N3O. The van der Waals surface area contributed by atoms with Crippen molar-refractivity contribution in [3.63, 3.8) is 0 Å². The van der Waals surface area contributed by atoms with Gasteiger partial charge in [0.05, 0.1) is 12.8 Å². The topological polar surface area (TPSA) is 59.6 Å². The zero-order valence-corrected chi connectivity index (χ0v) is 13.3. The molecule has 0 aliphatic carbocycles. The largest absolute Gasteiger partial charge is 0.495 e. The van der Waals surface area contributed by atoms with Crippen LogP contribution in [-0.2, 0) is 0 Å². The molecule has 2 rings (SSSR count). The summed E-state index contributed by atoms with van der Waals surface area (Å²) in [5.41, 5.74) is 9.31. The summed E-state index contributed by atoms with van der Waals surface area (Å²) in [5.74, 6) is 1.45. The van der Waals surface area contributed by atoms with Gasteiger partial charge in [-0.2, -0.15) is 0 Å². The maximum atomic E-state index is 5.97. The van der Waals surface area contributed by atoms with E-state index in [2.05, 4.69) is 48.4 Å². The van der Waals surface area contributed by atoms with E-state index in [1.165, 1.54) is 11.1 Å². The fraction of sp³-hybridized carbons (Fsp3) is 0.278. The molecule has 0 spiro atoms. The second kappa shape index (κ2) is 7.50. The van der Waals surface area contributed by atoms with Crippen LogP contribution in [0.25, 0.3) is 0 Å². The van der Waals surface area contributed by atoms with Crippen LogP contribution in [0.2, 0.25) is 0 Å². The molecule has 0 aromatic heterocycles. The second-order valence-electron chi connectivity index (χ2n) is 5.37. The molecule has 1 unspecified atom stereocenters. The molecule has 0 aliphatic heterocycles. The molecule has 0 bridgehead atoms. The summed E-state index contributed by atoms with van der Waals surface area (Å²) in [6, 6.07) is 16.1. The molecule has 0 amide bonds. The smallest absolute Gasteiger partial charge is 0.193 e. The minimum absolute atomic E-state index is 0.318. The fourth-order valence-corrected chi connectivity index (χ4v) is 2.24. The molecule has 0 saturated carbocycles. The summed E-state index contributed by atoms with van der Waals surface area (Å²) in [6.07, 6.45) is 0. The van der Waals surface area contributed by atoms with E-state index in [1.807, 2.05) is 24.3 Å². The lowest BCUT2D eigenvalue weighted by molar-refractivity contribution is 0.417. The molecule has 0 saturated heterocycles. The quantitative estimate of drug-likeness (QED) is 0.655. The Balaban J connectivity index is 2.00. The molecule has 116 valence electrons. The third kappa shape index (κ3) is 4.25. The van der Waals surface area contributed by atoms with Crippen molar-refractivity contribution >= 4 is 11.6 Å². The van der Waals surface area contributed by atoms with Crippen LogP contribution in [0.4, 0.5) is 5.69 Å². The summed E-state index contributed by atoms with van der Waals surface area (Å²) < 4.78 is 5.28. The van der Waals surface area contributed by atoms with Crippen LogP contribution in [0.3, 0.4) is 0 Å². The van der Waals surface area contributed by atoms with E-state index in [0.29, 0.717) is 18.4 Å². The van der Waals surface area contributed by atoms with Crippen molar-refractivity contribution in [1.29, 1.82) is 0 Å². The van der Waals surface area contributed by atoms with Gasteiger partial charge in [0.1, 0.15) is 5.75 Å². The number of rotatable bonds is 5. The second-order valence-corrected chi connectivity index (χ2v) is 5.37. The lowest BCUT2D eigenvalue weighted by Gasteiger charge is -2.12. The van der Waals surface area contributed by atoms with Crippen LogP contribution < -0.4 is 15.8 Å². The van der Waals surface area contributed by atoms with Crippen molar-refractivity contribution in [2.75, 3.05) is 19.0 Å². The van der Waals surface area contributed by atoms with E-state index in [4.69, 9.17) is 10.5 Å². The van der Waals surface area contributed by atoms with E-state index in [1.54, 1.807) is 7.11 Å². The highest BCUT2D eigenvalue weighted by Gasteiger charge is 2.06. The Bertz CT molecular complexity index is 652. The predicted octanol–water partition coefficient (Wildman–Crippen LogP) is 3.53. The van der Waals surface area contributed by atoms with E-state index in [-0.39, 0.29) is 0 Å². The normalized spacial score (nSPS) is 12.8. The van der Waals surface area contributed by atoms with Gasteiger partial charge in [0.2, 0.25) is 0 Å². The van der Waals surface area contributed by atoms with Gasteiger partial charge in [-0.25, -0.2) is 0 Å². The predicted molar refractivity (Wildman–Crippen MR) is 92.7 cm³/mol. The number of nitrogens with zero attached hydrogens (tertiary/aromatic N) is 1. The van der Waals surface area contributed by atoms with Crippen molar-refractivity contribution < 1.29 is 4.74 Å². The number of anilines is 1. The zero-order valence-electron chi connectivity index (χ0n) is 13.3. The van der Waals surface area contributed by atoms with Crippen LogP contribution in [0.1, 0.15) is 24.0 Å². The molecule has 0 aliphatic rings. The Labute approximate surface area is 132 Å². The summed E-state index contributed by atoms with van der Waals surface area (Å²) >= 11 is 0.